The maximum Gasteiger partial charge on any atom is 0.416 e. The third-order valence-electron chi connectivity index (χ3n) is 3.74. The molecule has 0 amide bonds. The van der Waals surface area contributed by atoms with Crippen molar-refractivity contribution in [3.63, 3.8) is 0 Å². The van der Waals surface area contributed by atoms with Crippen molar-refractivity contribution in [1.29, 1.82) is 0 Å². The lowest BCUT2D eigenvalue weighted by molar-refractivity contribution is -0.137. The predicted molar refractivity (Wildman–Crippen MR) is 73.1 cm³/mol. The molecule has 1 aliphatic rings. The molecule has 0 radical (unpaired) electrons. The van der Waals surface area contributed by atoms with E-state index in [0.717, 1.165) is 43.5 Å². The zero-order chi connectivity index (χ0) is 15.6. The fourth-order valence-electron chi connectivity index (χ4n) is 2.54. The first-order chi connectivity index (χ1) is 10.5. The molecular formula is C15H16F3N3O. The predicted octanol–water partition coefficient (Wildman–Crippen LogP) is 3.49. The molecule has 22 heavy (non-hydrogen) atoms. The van der Waals surface area contributed by atoms with Crippen LogP contribution in [0.4, 0.5) is 13.2 Å². The van der Waals surface area contributed by atoms with Gasteiger partial charge in [-0.3, -0.25) is 0 Å². The van der Waals surface area contributed by atoms with E-state index in [1.54, 1.807) is 0 Å². The fraction of sp³-hybridized carbons (Fsp3) is 0.467. The SMILES string of the molecule is FC(F)(F)c1ccc(Cc2noc(C3CCCCN3)n2)cc1. The lowest BCUT2D eigenvalue weighted by Crippen LogP contribution is -2.27. The first-order valence-electron chi connectivity index (χ1n) is 7.24. The summed E-state index contributed by atoms with van der Waals surface area (Å²) in [4.78, 5) is 4.34. The van der Waals surface area contributed by atoms with E-state index in [1.807, 2.05) is 0 Å². The van der Waals surface area contributed by atoms with E-state index in [9.17, 15) is 13.2 Å². The number of benzene rings is 1. The van der Waals surface area contributed by atoms with Crippen molar-refractivity contribution in [2.45, 2.75) is 37.9 Å². The van der Waals surface area contributed by atoms with Crippen LogP contribution in [0.25, 0.3) is 0 Å². The van der Waals surface area contributed by atoms with Gasteiger partial charge >= 0.3 is 6.18 Å². The molecule has 2 heterocycles. The topological polar surface area (TPSA) is 51.0 Å². The number of hydrogen-bond donors (Lipinski definition) is 1. The number of halogens is 3. The highest BCUT2D eigenvalue weighted by Gasteiger charge is 2.30. The number of piperidine rings is 1. The van der Waals surface area contributed by atoms with Gasteiger partial charge < -0.3 is 9.84 Å². The molecule has 1 aliphatic heterocycles. The maximum absolute atomic E-state index is 12.5. The van der Waals surface area contributed by atoms with Crippen molar-refractivity contribution in [2.24, 2.45) is 0 Å². The van der Waals surface area contributed by atoms with Gasteiger partial charge in [0.15, 0.2) is 5.82 Å². The second-order valence-electron chi connectivity index (χ2n) is 5.42. The van der Waals surface area contributed by atoms with Gasteiger partial charge in [0.25, 0.3) is 0 Å². The van der Waals surface area contributed by atoms with Crippen molar-refractivity contribution in [3.05, 3.63) is 47.1 Å². The van der Waals surface area contributed by atoms with E-state index in [2.05, 4.69) is 15.5 Å². The van der Waals surface area contributed by atoms with Crippen molar-refractivity contribution >= 4 is 0 Å². The second kappa shape index (κ2) is 6.08. The summed E-state index contributed by atoms with van der Waals surface area (Å²) < 4.78 is 42.8. The molecule has 1 atom stereocenters. The standard InChI is InChI=1S/C15H16F3N3O/c16-15(17,18)11-6-4-10(5-7-11)9-13-20-14(22-21-13)12-3-1-2-8-19-12/h4-7,12,19H,1-3,8-9H2. The van der Waals surface area contributed by atoms with E-state index in [-0.39, 0.29) is 6.04 Å². The van der Waals surface area contributed by atoms with Gasteiger partial charge in [-0.15, -0.1) is 0 Å². The molecule has 1 saturated heterocycles. The van der Waals surface area contributed by atoms with Gasteiger partial charge in [0, 0.05) is 6.42 Å². The molecule has 2 aromatic rings. The van der Waals surface area contributed by atoms with Crippen LogP contribution < -0.4 is 5.32 Å². The van der Waals surface area contributed by atoms with Gasteiger partial charge in [-0.1, -0.05) is 23.7 Å². The highest BCUT2D eigenvalue weighted by Crippen LogP contribution is 2.29. The summed E-state index contributed by atoms with van der Waals surface area (Å²) in [5, 5.41) is 7.22. The monoisotopic (exact) mass is 311 g/mol. The van der Waals surface area contributed by atoms with Gasteiger partial charge in [-0.2, -0.15) is 18.2 Å². The molecule has 3 rings (SSSR count). The van der Waals surface area contributed by atoms with Crippen LogP contribution in [0, 0.1) is 0 Å². The first-order valence-corrected chi connectivity index (χ1v) is 7.24. The molecule has 0 aliphatic carbocycles. The summed E-state index contributed by atoms with van der Waals surface area (Å²) in [6.07, 6.45) is -0.738. The quantitative estimate of drug-likeness (QED) is 0.942. The highest BCUT2D eigenvalue weighted by atomic mass is 19.4. The molecule has 1 aromatic heterocycles. The summed E-state index contributed by atoms with van der Waals surface area (Å²) >= 11 is 0. The van der Waals surface area contributed by atoms with Crippen molar-refractivity contribution in [3.8, 4) is 0 Å². The zero-order valence-electron chi connectivity index (χ0n) is 11.9. The minimum atomic E-state index is -4.31. The number of hydrogen-bond acceptors (Lipinski definition) is 4. The molecule has 4 nitrogen and oxygen atoms in total. The number of nitrogens with one attached hydrogen (secondary N) is 1. The molecule has 1 fully saturated rings. The summed E-state index contributed by atoms with van der Waals surface area (Å²) in [6.45, 7) is 0.932. The maximum atomic E-state index is 12.5. The van der Waals surface area contributed by atoms with Crippen LogP contribution in [-0.4, -0.2) is 16.7 Å². The lowest BCUT2D eigenvalue weighted by Gasteiger charge is -2.19. The Kier molecular flexibility index (Phi) is 4.15. The Morgan fingerprint density at radius 3 is 2.59 bits per heavy atom. The Labute approximate surface area is 125 Å². The molecule has 1 unspecified atom stereocenters. The van der Waals surface area contributed by atoms with Gasteiger partial charge in [-0.25, -0.2) is 0 Å². The Morgan fingerprint density at radius 2 is 1.95 bits per heavy atom. The van der Waals surface area contributed by atoms with E-state index in [4.69, 9.17) is 4.52 Å². The number of rotatable bonds is 3. The Balaban J connectivity index is 1.67. The summed E-state index contributed by atoms with van der Waals surface area (Å²) in [6, 6.07) is 5.11. The largest absolute Gasteiger partial charge is 0.416 e. The van der Waals surface area contributed by atoms with E-state index in [1.165, 1.54) is 12.1 Å². The van der Waals surface area contributed by atoms with E-state index < -0.39 is 11.7 Å². The third kappa shape index (κ3) is 3.47. The normalized spacial score (nSPS) is 19.3. The Bertz CT molecular complexity index is 616. The number of nitrogens with zero attached hydrogens (tertiary/aromatic N) is 2. The zero-order valence-corrected chi connectivity index (χ0v) is 11.9. The van der Waals surface area contributed by atoms with Gasteiger partial charge in [0.05, 0.1) is 11.6 Å². The molecule has 0 spiro atoms. The summed E-state index contributed by atoms with van der Waals surface area (Å²) in [7, 11) is 0. The molecule has 1 N–H and O–H groups in total. The second-order valence-corrected chi connectivity index (χ2v) is 5.42. The summed E-state index contributed by atoms with van der Waals surface area (Å²) in [5.41, 5.74) is 0.0633. The van der Waals surface area contributed by atoms with Crippen molar-refractivity contribution < 1.29 is 17.7 Å². The van der Waals surface area contributed by atoms with Gasteiger partial charge in [0.2, 0.25) is 5.89 Å². The lowest BCUT2D eigenvalue weighted by atomic mass is 10.1. The molecular weight excluding hydrogens is 295 g/mol. The van der Waals surface area contributed by atoms with Crippen LogP contribution in [-0.2, 0) is 12.6 Å². The number of alkyl halides is 3. The highest BCUT2D eigenvalue weighted by molar-refractivity contribution is 5.26. The minimum absolute atomic E-state index is 0.0857. The Morgan fingerprint density at radius 1 is 1.18 bits per heavy atom. The van der Waals surface area contributed by atoms with Crippen LogP contribution >= 0.6 is 0 Å². The van der Waals surface area contributed by atoms with Gasteiger partial charge in [0.1, 0.15) is 0 Å². The average molecular weight is 311 g/mol. The van der Waals surface area contributed by atoms with Crippen LogP contribution in [0.3, 0.4) is 0 Å². The fourth-order valence-corrected chi connectivity index (χ4v) is 2.54. The first kappa shape index (κ1) is 15.0. The minimum Gasteiger partial charge on any atom is -0.338 e. The van der Waals surface area contributed by atoms with Crippen LogP contribution in [0.5, 0.6) is 0 Å². The molecule has 0 bridgehead atoms. The van der Waals surface area contributed by atoms with Crippen LogP contribution in [0.15, 0.2) is 28.8 Å². The summed E-state index contributed by atoms with van der Waals surface area (Å²) in [5.74, 6) is 1.05. The van der Waals surface area contributed by atoms with Crippen molar-refractivity contribution in [2.75, 3.05) is 6.54 Å². The smallest absolute Gasteiger partial charge is 0.338 e. The molecule has 118 valence electrons. The van der Waals surface area contributed by atoms with E-state index >= 15 is 0 Å². The Hall–Kier alpha value is -1.89. The molecule has 7 heteroatoms. The average Bonchev–Trinajstić information content (AvgIpc) is 2.96. The van der Waals surface area contributed by atoms with Crippen LogP contribution in [0.2, 0.25) is 0 Å². The molecule has 1 aromatic carbocycles. The van der Waals surface area contributed by atoms with Crippen molar-refractivity contribution in [1.82, 2.24) is 15.5 Å². The van der Waals surface area contributed by atoms with E-state index in [0.29, 0.717) is 18.1 Å². The van der Waals surface area contributed by atoms with Gasteiger partial charge in [-0.05, 0) is 37.1 Å². The number of aromatic nitrogens is 2. The molecule has 0 saturated carbocycles. The third-order valence-corrected chi connectivity index (χ3v) is 3.74. The van der Waals surface area contributed by atoms with Crippen LogP contribution in [0.1, 0.15) is 48.1 Å².